The highest BCUT2D eigenvalue weighted by Gasteiger charge is 2.48. The largest absolute Gasteiger partial charge is 0.462 e. The smallest absolute Gasteiger partial charge is 0.308 e. The van der Waals surface area contributed by atoms with Crippen LogP contribution in [0.1, 0.15) is 73.6 Å². The summed E-state index contributed by atoms with van der Waals surface area (Å²) < 4.78 is 53.3. The van der Waals surface area contributed by atoms with Crippen LogP contribution in [0.3, 0.4) is 0 Å². The van der Waals surface area contributed by atoms with Crippen molar-refractivity contribution in [2.75, 3.05) is 49.1 Å². The van der Waals surface area contributed by atoms with Crippen molar-refractivity contribution in [1.82, 2.24) is 4.90 Å². The minimum absolute atomic E-state index is 0.145. The fraction of sp³-hybridized carbons (Fsp3) is 0.902. The van der Waals surface area contributed by atoms with E-state index in [1.165, 1.54) is 28.4 Å². The van der Waals surface area contributed by atoms with Crippen LogP contribution in [0, 0.1) is 23.7 Å². The first-order valence-corrected chi connectivity index (χ1v) is 20.7. The highest BCUT2D eigenvalue weighted by Crippen LogP contribution is 2.36. The lowest BCUT2D eigenvalue weighted by Gasteiger charge is -2.47. The Balaban J connectivity index is 2.07. The summed E-state index contributed by atoms with van der Waals surface area (Å²) in [7, 11) is 9.35. The zero-order valence-electron chi connectivity index (χ0n) is 36.9. The van der Waals surface area contributed by atoms with Gasteiger partial charge in [-0.3, -0.25) is 4.79 Å². The molecule has 0 unspecified atom stereocenters. The van der Waals surface area contributed by atoms with Gasteiger partial charge in [0.05, 0.1) is 61.4 Å². The fourth-order valence-electron chi connectivity index (χ4n) is 8.62. The van der Waals surface area contributed by atoms with E-state index in [1.807, 2.05) is 6.92 Å². The Hall–Kier alpha value is -1.88. The number of methoxy groups -OCH3 is 4. The molecule has 3 aliphatic heterocycles. The quantitative estimate of drug-likeness (QED) is 0.0506. The number of hydrogen-bond acceptors (Lipinski definition) is 18. The highest BCUT2D eigenvalue weighted by molar-refractivity contribution is 5.87. The van der Waals surface area contributed by atoms with Crippen LogP contribution < -0.4 is 0 Å². The molecule has 18 atom stereocenters. The number of oxime groups is 1. The molecule has 18 heteroatoms. The molecule has 3 heterocycles. The van der Waals surface area contributed by atoms with Crippen LogP contribution in [0.25, 0.3) is 0 Å². The van der Waals surface area contributed by atoms with Crippen molar-refractivity contribution < 1.29 is 78.2 Å². The number of cyclic esters (lactones) is 1. The first-order valence-electron chi connectivity index (χ1n) is 20.7. The van der Waals surface area contributed by atoms with Gasteiger partial charge in [0.1, 0.15) is 30.5 Å². The van der Waals surface area contributed by atoms with Gasteiger partial charge in [-0.15, -0.1) is 0 Å². The van der Waals surface area contributed by atoms with Gasteiger partial charge < -0.3 is 78.3 Å². The topological polar surface area (TPSA) is 237 Å². The predicted molar refractivity (Wildman–Crippen MR) is 213 cm³/mol. The number of likely N-dealkylation sites (N-methyl/N-ethyl adjacent to an activating group) is 1. The summed E-state index contributed by atoms with van der Waals surface area (Å²) in [5.41, 5.74) is 0.897. The van der Waals surface area contributed by atoms with Crippen molar-refractivity contribution in [1.29, 1.82) is 0 Å². The molecule has 6 N–H and O–H groups in total. The number of carbonyl (C=O) groups is 1. The predicted octanol–water partition coefficient (Wildman–Crippen LogP) is 1.44. The summed E-state index contributed by atoms with van der Waals surface area (Å²) >= 11 is 0. The Morgan fingerprint density at radius 2 is 1.49 bits per heavy atom. The second-order valence-corrected chi connectivity index (χ2v) is 16.6. The van der Waals surface area contributed by atoms with E-state index in [0.717, 1.165) is 0 Å². The molecule has 0 aromatic carbocycles. The Kier molecular flexibility index (Phi) is 21.0. The Labute approximate surface area is 349 Å². The average Bonchev–Trinajstić information content (AvgIpc) is 3.20. The van der Waals surface area contributed by atoms with Crippen molar-refractivity contribution in [3.8, 4) is 0 Å². The van der Waals surface area contributed by atoms with Crippen LogP contribution in [0.5, 0.6) is 0 Å². The molecule has 0 aliphatic carbocycles. The van der Waals surface area contributed by atoms with E-state index >= 15 is 0 Å². The molecule has 2 fully saturated rings. The normalized spacial score (nSPS) is 42.8. The summed E-state index contributed by atoms with van der Waals surface area (Å²) in [4.78, 5) is 15.5. The molecule has 18 nitrogen and oxygen atoms in total. The van der Waals surface area contributed by atoms with Crippen LogP contribution in [0.2, 0.25) is 0 Å². The molecule has 59 heavy (non-hydrogen) atoms. The van der Waals surface area contributed by atoms with Gasteiger partial charge in [0, 0.05) is 53.1 Å². The summed E-state index contributed by atoms with van der Waals surface area (Å²) in [5, 5.41) is 70.8. The van der Waals surface area contributed by atoms with E-state index in [-0.39, 0.29) is 25.9 Å². The van der Waals surface area contributed by atoms with Gasteiger partial charge in [0.15, 0.2) is 18.9 Å². The molecule has 3 aliphatic rings. The minimum Gasteiger partial charge on any atom is -0.462 e. The van der Waals surface area contributed by atoms with Crippen LogP contribution in [-0.2, 0) is 47.4 Å². The number of rotatable bonds is 13. The standard InChI is InChI=1S/C41H74N2O16/c1-13-29-26(19-55-41-39(54-12)38(53-11)35(48)24(6)57-41)33(46)20(2)14-15-27(42-50)21(3)16-25(17-31(51-9)52-10)37(22(4)28(44)18-30(45)58-29)59-40-36(49)32(43(7)8)34(47)23(5)56-40/h14,21-26,28-29,31-41,44,46-50H,13,15-19H2,1-12H3/b20-14+,42-27+/t21-,22+,23-,24-,25-,26-,28-,29-,32+,33-,34-,35-,36-,37-,38-,39-,40+,41-/m1/s1. The molecular weight excluding hydrogens is 776 g/mol. The maximum Gasteiger partial charge on any atom is 0.308 e. The van der Waals surface area contributed by atoms with Crippen molar-refractivity contribution in [3.63, 3.8) is 0 Å². The molecule has 0 saturated carbocycles. The lowest BCUT2D eigenvalue weighted by atomic mass is 9.78. The summed E-state index contributed by atoms with van der Waals surface area (Å²) in [6.07, 6.45) is -11.3. The van der Waals surface area contributed by atoms with Crippen LogP contribution in [-0.4, -0.2) is 189 Å². The number of carbonyl (C=O) groups excluding carboxylic acids is 1. The van der Waals surface area contributed by atoms with Crippen molar-refractivity contribution in [2.45, 2.75) is 166 Å². The third kappa shape index (κ3) is 13.1. The number of aliphatic hydroxyl groups is 5. The summed E-state index contributed by atoms with van der Waals surface area (Å²) in [5.74, 6) is -3.27. The third-order valence-electron chi connectivity index (χ3n) is 12.5. The van der Waals surface area contributed by atoms with Gasteiger partial charge in [-0.1, -0.05) is 32.0 Å². The van der Waals surface area contributed by atoms with Gasteiger partial charge in [0.25, 0.3) is 0 Å². The van der Waals surface area contributed by atoms with E-state index in [0.29, 0.717) is 17.7 Å². The van der Waals surface area contributed by atoms with E-state index in [1.54, 1.807) is 59.7 Å². The van der Waals surface area contributed by atoms with Gasteiger partial charge >= 0.3 is 5.97 Å². The molecule has 0 radical (unpaired) electrons. The van der Waals surface area contributed by atoms with E-state index in [9.17, 15) is 35.5 Å². The van der Waals surface area contributed by atoms with Crippen molar-refractivity contribution in [2.24, 2.45) is 28.8 Å². The Bertz CT molecular complexity index is 1320. The molecule has 3 rings (SSSR count). The number of nitrogens with zero attached hydrogens (tertiary/aromatic N) is 2. The zero-order chi connectivity index (χ0) is 44.3. The minimum atomic E-state index is -1.34. The zero-order valence-corrected chi connectivity index (χ0v) is 36.9. The third-order valence-corrected chi connectivity index (χ3v) is 12.5. The van der Waals surface area contributed by atoms with E-state index in [2.05, 4.69) is 5.16 Å². The second-order valence-electron chi connectivity index (χ2n) is 16.6. The van der Waals surface area contributed by atoms with Gasteiger partial charge in [0.2, 0.25) is 0 Å². The lowest BCUT2D eigenvalue weighted by Crippen LogP contribution is -2.63. The number of hydrogen-bond donors (Lipinski definition) is 6. The van der Waals surface area contributed by atoms with E-state index in [4.69, 9.17) is 42.6 Å². The van der Waals surface area contributed by atoms with Gasteiger partial charge in [-0.25, -0.2) is 0 Å². The molecule has 344 valence electrons. The lowest BCUT2D eigenvalue weighted by molar-refractivity contribution is -0.306. The molecular formula is C41H74N2O16. The monoisotopic (exact) mass is 851 g/mol. The first-order chi connectivity index (χ1) is 27.9. The van der Waals surface area contributed by atoms with Gasteiger partial charge in [-0.05, 0) is 65.1 Å². The van der Waals surface area contributed by atoms with Crippen molar-refractivity contribution in [3.05, 3.63) is 11.6 Å². The Morgan fingerprint density at radius 3 is 2.05 bits per heavy atom. The molecule has 0 spiro atoms. The fourth-order valence-corrected chi connectivity index (χ4v) is 8.62. The number of esters is 1. The molecule has 2 saturated heterocycles. The number of ether oxygens (including phenoxy) is 9. The SMILES string of the molecule is CC[C@H]1OC(=O)C[C@@H](O)[C@H](C)[C@@H](O[C@@H]2O[C@H](C)[C@@H](O)[C@H](N(C)C)[C@H]2O)[C@@H](CC(OC)OC)C[C@@H](C)/C(=N/O)C/C=C(\C)[C@@H](O)[C@@H]1CO[C@@H]1O[C@H](C)[C@@H](O)[C@@H](OC)[C@H]1OC. The van der Waals surface area contributed by atoms with Gasteiger partial charge in [-0.2, -0.15) is 0 Å². The second kappa shape index (κ2) is 24.1. The molecule has 0 aromatic rings. The Morgan fingerprint density at radius 1 is 0.881 bits per heavy atom. The molecule has 0 bridgehead atoms. The van der Waals surface area contributed by atoms with Crippen LogP contribution in [0.15, 0.2) is 16.8 Å². The van der Waals surface area contributed by atoms with Crippen LogP contribution >= 0.6 is 0 Å². The molecule has 0 amide bonds. The van der Waals surface area contributed by atoms with Crippen LogP contribution in [0.4, 0.5) is 0 Å². The van der Waals surface area contributed by atoms with E-state index < -0.39 is 128 Å². The van der Waals surface area contributed by atoms with Crippen molar-refractivity contribution >= 4 is 11.7 Å². The summed E-state index contributed by atoms with van der Waals surface area (Å²) in [6, 6.07) is -0.740. The maximum absolute atomic E-state index is 13.8. The number of aliphatic hydroxyl groups excluding tert-OH is 5. The first kappa shape index (κ1) is 51.5. The molecule has 0 aromatic heterocycles. The maximum atomic E-state index is 13.8. The average molecular weight is 851 g/mol. The highest BCUT2D eigenvalue weighted by atomic mass is 16.7. The number of allylic oxidation sites excluding steroid dienone is 1. The summed E-state index contributed by atoms with van der Waals surface area (Å²) in [6.45, 7) is 10.3.